The molecule has 0 fully saturated rings. The Morgan fingerprint density at radius 1 is 1.26 bits per heavy atom. The Morgan fingerprint density at radius 3 is 2.68 bits per heavy atom. The quantitative estimate of drug-likeness (QED) is 0.160. The van der Waals surface area contributed by atoms with E-state index in [-0.39, 0.29) is 11.4 Å². The van der Waals surface area contributed by atoms with Crippen molar-refractivity contribution in [1.82, 2.24) is 4.98 Å². The molecule has 31 heavy (non-hydrogen) atoms. The monoisotopic (exact) mass is 484 g/mol. The van der Waals surface area contributed by atoms with Crippen molar-refractivity contribution in [1.29, 1.82) is 0 Å². The van der Waals surface area contributed by atoms with Gasteiger partial charge in [-0.2, -0.15) is 5.10 Å². The maximum Gasteiger partial charge on any atom is 0.343 e. The van der Waals surface area contributed by atoms with Crippen LogP contribution in [0.5, 0.6) is 11.5 Å². The molecule has 158 valence electrons. The third kappa shape index (κ3) is 5.86. The first-order chi connectivity index (χ1) is 15.0. The third-order valence-corrected chi connectivity index (χ3v) is 4.48. The van der Waals surface area contributed by atoms with Crippen LogP contribution in [0, 0.1) is 10.1 Å². The average molecular weight is 485 g/mol. The van der Waals surface area contributed by atoms with Crippen molar-refractivity contribution < 1.29 is 19.2 Å². The van der Waals surface area contributed by atoms with Crippen LogP contribution in [0.25, 0.3) is 0 Å². The number of carbonyl (C=O) groups excluding carboxylic acids is 1. The summed E-state index contributed by atoms with van der Waals surface area (Å²) in [5.41, 5.74) is 3.66. The van der Waals surface area contributed by atoms with E-state index < -0.39 is 10.9 Å². The minimum Gasteiger partial charge on any atom is -0.490 e. The summed E-state index contributed by atoms with van der Waals surface area (Å²) in [7, 11) is 0. The average Bonchev–Trinajstić information content (AvgIpc) is 2.77. The lowest BCUT2D eigenvalue weighted by Crippen LogP contribution is -2.10. The number of hydrogen-bond donors (Lipinski definition) is 1. The number of pyridine rings is 1. The lowest BCUT2D eigenvalue weighted by atomic mass is 10.2. The number of anilines is 1. The van der Waals surface area contributed by atoms with Gasteiger partial charge in [0.1, 0.15) is 12.0 Å². The summed E-state index contributed by atoms with van der Waals surface area (Å²) in [6, 6.07) is 14.8. The standard InChI is InChI=1S/C21H17BrN4O5/c1-2-30-18-11-14(12-24-25-19-9-8-16(13-23-19)26(28)29)10-17(22)20(18)31-21(27)15-6-4-3-5-7-15/h3-13H,2H2,1H3,(H,23,25)/b24-12-. The Hall–Kier alpha value is -3.79. The molecule has 0 bridgehead atoms. The Kier molecular flexibility index (Phi) is 7.28. The summed E-state index contributed by atoms with van der Waals surface area (Å²) in [4.78, 5) is 26.5. The van der Waals surface area contributed by atoms with Gasteiger partial charge < -0.3 is 9.47 Å². The van der Waals surface area contributed by atoms with E-state index in [9.17, 15) is 14.9 Å². The van der Waals surface area contributed by atoms with Crippen molar-refractivity contribution in [2.45, 2.75) is 6.92 Å². The van der Waals surface area contributed by atoms with E-state index >= 15 is 0 Å². The maximum atomic E-state index is 12.4. The summed E-state index contributed by atoms with van der Waals surface area (Å²) in [6.07, 6.45) is 2.65. The number of esters is 1. The molecule has 0 unspecified atom stereocenters. The van der Waals surface area contributed by atoms with E-state index in [4.69, 9.17) is 9.47 Å². The van der Waals surface area contributed by atoms with Crippen LogP contribution in [0.1, 0.15) is 22.8 Å². The van der Waals surface area contributed by atoms with Crippen molar-refractivity contribution in [3.05, 3.63) is 86.5 Å². The Labute approximate surface area is 186 Å². The minimum absolute atomic E-state index is 0.111. The number of nitrogens with zero attached hydrogens (tertiary/aromatic N) is 3. The summed E-state index contributed by atoms with van der Waals surface area (Å²) in [5.74, 6) is 0.475. The highest BCUT2D eigenvalue weighted by atomic mass is 79.9. The van der Waals surface area contributed by atoms with Crippen molar-refractivity contribution in [2.24, 2.45) is 5.10 Å². The highest BCUT2D eigenvalue weighted by Gasteiger charge is 2.17. The number of nitrogens with one attached hydrogen (secondary N) is 1. The number of benzene rings is 2. The molecule has 0 atom stereocenters. The fraction of sp³-hybridized carbons (Fsp3) is 0.0952. The van der Waals surface area contributed by atoms with Gasteiger partial charge in [-0.25, -0.2) is 9.78 Å². The van der Waals surface area contributed by atoms with Gasteiger partial charge in [-0.3, -0.25) is 15.5 Å². The van der Waals surface area contributed by atoms with Gasteiger partial charge in [-0.1, -0.05) is 18.2 Å². The maximum absolute atomic E-state index is 12.4. The number of carbonyl (C=O) groups is 1. The number of aromatic nitrogens is 1. The van der Waals surface area contributed by atoms with Crippen LogP contribution >= 0.6 is 15.9 Å². The van der Waals surface area contributed by atoms with Gasteiger partial charge in [0.15, 0.2) is 11.5 Å². The van der Waals surface area contributed by atoms with Crippen LogP contribution in [-0.2, 0) is 0 Å². The highest BCUT2D eigenvalue weighted by Crippen LogP contribution is 2.37. The number of halogens is 1. The molecule has 0 radical (unpaired) electrons. The van der Waals surface area contributed by atoms with Crippen molar-refractivity contribution in [2.75, 3.05) is 12.0 Å². The number of ether oxygens (including phenoxy) is 2. The molecule has 10 heteroatoms. The molecule has 2 aromatic carbocycles. The summed E-state index contributed by atoms with van der Waals surface area (Å²) >= 11 is 3.41. The van der Waals surface area contributed by atoms with Gasteiger partial charge in [-0.05, 0) is 58.7 Å². The van der Waals surface area contributed by atoms with Gasteiger partial charge in [0.05, 0.1) is 27.8 Å². The predicted octanol–water partition coefficient (Wildman–Crippen LogP) is 4.82. The first-order valence-corrected chi connectivity index (χ1v) is 9.90. The number of rotatable bonds is 8. The summed E-state index contributed by atoms with van der Waals surface area (Å²) < 4.78 is 11.7. The van der Waals surface area contributed by atoms with Crippen LogP contribution in [-0.4, -0.2) is 28.7 Å². The molecule has 1 aromatic heterocycles. The molecule has 9 nitrogen and oxygen atoms in total. The van der Waals surface area contributed by atoms with E-state index in [1.165, 1.54) is 18.3 Å². The Bertz CT molecular complexity index is 1100. The van der Waals surface area contributed by atoms with Crippen LogP contribution in [0.3, 0.4) is 0 Å². The molecule has 1 N–H and O–H groups in total. The molecule has 0 amide bonds. The number of hydrogen-bond acceptors (Lipinski definition) is 8. The molecule has 3 rings (SSSR count). The largest absolute Gasteiger partial charge is 0.490 e. The minimum atomic E-state index is -0.529. The second kappa shape index (κ2) is 10.3. The molecule has 0 aliphatic carbocycles. The van der Waals surface area contributed by atoms with E-state index in [0.717, 1.165) is 6.20 Å². The SMILES string of the molecule is CCOc1cc(/C=N\Nc2ccc([N+](=O)[O-])cn2)cc(Br)c1OC(=O)c1ccccc1. The summed E-state index contributed by atoms with van der Waals surface area (Å²) in [6.45, 7) is 2.19. The van der Waals surface area contributed by atoms with Crippen LogP contribution in [0.4, 0.5) is 11.5 Å². The zero-order valence-electron chi connectivity index (χ0n) is 16.3. The molecule has 0 saturated carbocycles. The van der Waals surface area contributed by atoms with Crippen molar-refractivity contribution in [3.63, 3.8) is 0 Å². The van der Waals surface area contributed by atoms with Gasteiger partial charge in [0.2, 0.25) is 0 Å². The molecule has 0 aliphatic heterocycles. The lowest BCUT2D eigenvalue weighted by Gasteiger charge is -2.13. The van der Waals surface area contributed by atoms with E-state index in [1.807, 2.05) is 13.0 Å². The Morgan fingerprint density at radius 2 is 2.03 bits per heavy atom. The lowest BCUT2D eigenvalue weighted by molar-refractivity contribution is -0.385. The summed E-state index contributed by atoms with van der Waals surface area (Å²) in [5, 5.41) is 14.7. The van der Waals surface area contributed by atoms with Gasteiger partial charge >= 0.3 is 5.97 Å². The smallest absolute Gasteiger partial charge is 0.343 e. The van der Waals surface area contributed by atoms with Gasteiger partial charge in [-0.15, -0.1) is 0 Å². The molecular weight excluding hydrogens is 468 g/mol. The molecule has 0 aliphatic rings. The van der Waals surface area contributed by atoms with Crippen LogP contribution < -0.4 is 14.9 Å². The zero-order chi connectivity index (χ0) is 22.2. The molecule has 1 heterocycles. The molecule has 3 aromatic rings. The van der Waals surface area contributed by atoms with Crippen LogP contribution in [0.15, 0.2) is 70.4 Å². The topological polar surface area (TPSA) is 116 Å². The predicted molar refractivity (Wildman–Crippen MR) is 119 cm³/mol. The van der Waals surface area contributed by atoms with E-state index in [1.54, 1.807) is 36.4 Å². The van der Waals surface area contributed by atoms with Crippen molar-refractivity contribution in [3.8, 4) is 11.5 Å². The van der Waals surface area contributed by atoms with E-state index in [2.05, 4.69) is 31.4 Å². The molecule has 0 saturated heterocycles. The van der Waals surface area contributed by atoms with Crippen molar-refractivity contribution >= 4 is 39.6 Å². The van der Waals surface area contributed by atoms with E-state index in [0.29, 0.717) is 33.8 Å². The Balaban J connectivity index is 1.76. The number of nitro groups is 1. The van der Waals surface area contributed by atoms with Gasteiger partial charge in [0, 0.05) is 6.07 Å². The normalized spacial score (nSPS) is 10.6. The second-order valence-corrected chi connectivity index (χ2v) is 6.90. The fourth-order valence-corrected chi connectivity index (χ4v) is 3.02. The fourth-order valence-electron chi connectivity index (χ4n) is 2.48. The first kappa shape index (κ1) is 21.9. The molecular formula is C21H17BrN4O5. The zero-order valence-corrected chi connectivity index (χ0v) is 17.9. The van der Waals surface area contributed by atoms with Crippen LogP contribution in [0.2, 0.25) is 0 Å². The second-order valence-electron chi connectivity index (χ2n) is 6.05. The number of hydrazone groups is 1. The molecule has 0 spiro atoms. The third-order valence-electron chi connectivity index (χ3n) is 3.89. The first-order valence-electron chi connectivity index (χ1n) is 9.11. The van der Waals surface area contributed by atoms with Gasteiger partial charge in [0.25, 0.3) is 5.69 Å². The highest BCUT2D eigenvalue weighted by molar-refractivity contribution is 9.10.